The van der Waals surface area contributed by atoms with E-state index in [0.717, 1.165) is 5.56 Å². The second-order valence-electron chi connectivity index (χ2n) is 6.37. The molecule has 8 nitrogen and oxygen atoms in total. The van der Waals surface area contributed by atoms with Gasteiger partial charge in [0.05, 0.1) is 11.9 Å². The zero-order valence-electron chi connectivity index (χ0n) is 14.5. The van der Waals surface area contributed by atoms with Crippen LogP contribution >= 0.6 is 0 Å². The highest BCUT2D eigenvalue weighted by Gasteiger charge is 2.48. The largest absolute Gasteiger partial charge is 0.344 e. The fraction of sp³-hybridized carbons (Fsp3) is 0.278. The minimum atomic E-state index is -1.08. The summed E-state index contributed by atoms with van der Waals surface area (Å²) in [6, 6.07) is 9.00. The number of aromatic nitrogens is 2. The molecule has 0 bridgehead atoms. The summed E-state index contributed by atoms with van der Waals surface area (Å²) in [5.41, 5.74) is 2.96. The first-order chi connectivity index (χ1) is 12.4. The number of amides is 4. The van der Waals surface area contributed by atoms with Crippen LogP contribution in [0.2, 0.25) is 0 Å². The van der Waals surface area contributed by atoms with Gasteiger partial charge in [-0.25, -0.2) is 9.78 Å². The molecule has 1 aliphatic heterocycles. The molecule has 1 atom stereocenters. The summed E-state index contributed by atoms with van der Waals surface area (Å²) >= 11 is 0. The van der Waals surface area contributed by atoms with E-state index < -0.39 is 23.4 Å². The van der Waals surface area contributed by atoms with Crippen molar-refractivity contribution < 1.29 is 14.4 Å². The van der Waals surface area contributed by atoms with E-state index in [1.54, 1.807) is 13.8 Å². The monoisotopic (exact) mass is 353 g/mol. The van der Waals surface area contributed by atoms with Gasteiger partial charge in [0.15, 0.2) is 0 Å². The van der Waals surface area contributed by atoms with Gasteiger partial charge in [-0.15, -0.1) is 0 Å². The number of carbonyl (C=O) groups is 3. The highest BCUT2D eigenvalue weighted by atomic mass is 16.2. The third kappa shape index (κ3) is 3.53. The van der Waals surface area contributed by atoms with E-state index in [2.05, 4.69) is 20.7 Å². The third-order valence-electron chi connectivity index (χ3n) is 4.24. The molecule has 1 aromatic carbocycles. The Bertz CT molecular complexity index is 838. The first kappa shape index (κ1) is 17.5. The molecule has 26 heavy (non-hydrogen) atoms. The van der Waals surface area contributed by atoms with Crippen LogP contribution < -0.4 is 10.7 Å². The Kier molecular flexibility index (Phi) is 4.66. The first-order valence-electron chi connectivity index (χ1n) is 8.19. The summed E-state index contributed by atoms with van der Waals surface area (Å²) in [4.78, 5) is 45.0. The lowest BCUT2D eigenvalue weighted by Gasteiger charge is -2.21. The maximum atomic E-state index is 12.7. The van der Waals surface area contributed by atoms with Crippen molar-refractivity contribution in [2.45, 2.75) is 32.2 Å². The number of rotatable bonds is 5. The summed E-state index contributed by atoms with van der Waals surface area (Å²) in [5.74, 6) is -1.18. The second-order valence-corrected chi connectivity index (χ2v) is 6.37. The van der Waals surface area contributed by atoms with E-state index in [4.69, 9.17) is 0 Å². The number of benzene rings is 1. The highest BCUT2D eigenvalue weighted by Crippen LogP contribution is 2.22. The number of hydrazine groups is 1. The van der Waals surface area contributed by atoms with Crippen molar-refractivity contribution in [3.8, 4) is 0 Å². The molecular weight excluding hydrogens is 334 g/mol. The molecule has 1 saturated heterocycles. The molecule has 3 rings (SSSR count). The number of aryl methyl sites for hydroxylation is 2. The van der Waals surface area contributed by atoms with Crippen LogP contribution in [0.4, 0.5) is 4.79 Å². The Hall–Kier alpha value is -3.29. The average molecular weight is 353 g/mol. The van der Waals surface area contributed by atoms with Gasteiger partial charge in [-0.2, -0.15) is 5.01 Å². The summed E-state index contributed by atoms with van der Waals surface area (Å²) < 4.78 is 0. The Morgan fingerprint density at radius 2 is 1.92 bits per heavy atom. The van der Waals surface area contributed by atoms with Crippen molar-refractivity contribution in [2.75, 3.05) is 0 Å². The van der Waals surface area contributed by atoms with Gasteiger partial charge in [0.1, 0.15) is 11.2 Å². The lowest BCUT2D eigenvalue weighted by Crippen LogP contribution is -2.49. The van der Waals surface area contributed by atoms with Gasteiger partial charge < -0.3 is 5.32 Å². The second kappa shape index (κ2) is 6.91. The van der Waals surface area contributed by atoms with Crippen molar-refractivity contribution in [3.05, 3.63) is 59.7 Å². The molecule has 0 unspecified atom stereocenters. The number of hydrogen-bond acceptors (Lipinski definition) is 5. The molecule has 1 aromatic heterocycles. The zero-order chi connectivity index (χ0) is 18.7. The number of nitrogens with zero attached hydrogens (tertiary/aromatic N) is 3. The van der Waals surface area contributed by atoms with Crippen LogP contribution in [0.3, 0.4) is 0 Å². The molecule has 2 N–H and O–H groups in total. The average Bonchev–Trinajstić information content (AvgIpc) is 2.85. The van der Waals surface area contributed by atoms with E-state index in [9.17, 15) is 14.4 Å². The van der Waals surface area contributed by atoms with Crippen molar-refractivity contribution in [2.24, 2.45) is 0 Å². The molecule has 134 valence electrons. The van der Waals surface area contributed by atoms with E-state index in [1.807, 2.05) is 30.3 Å². The Labute approximate surface area is 150 Å². The molecule has 1 aliphatic rings. The van der Waals surface area contributed by atoms with E-state index in [1.165, 1.54) is 12.4 Å². The van der Waals surface area contributed by atoms with Crippen LogP contribution in [0.1, 0.15) is 35.1 Å². The maximum absolute atomic E-state index is 12.7. The van der Waals surface area contributed by atoms with Gasteiger partial charge in [0.25, 0.3) is 11.8 Å². The Morgan fingerprint density at radius 3 is 2.58 bits per heavy atom. The summed E-state index contributed by atoms with van der Waals surface area (Å²) in [6.45, 7) is 3.39. The SMILES string of the molecule is Cc1cnc(C(=O)NN2C(=O)N[C@](C)(CCc3ccccc3)C2=O)cn1. The fourth-order valence-corrected chi connectivity index (χ4v) is 2.66. The van der Waals surface area contributed by atoms with Crippen LogP contribution in [-0.4, -0.2) is 38.4 Å². The number of hydrogen-bond donors (Lipinski definition) is 2. The van der Waals surface area contributed by atoms with Gasteiger partial charge in [-0.3, -0.25) is 20.0 Å². The first-order valence-corrected chi connectivity index (χ1v) is 8.19. The molecule has 0 spiro atoms. The standard InChI is InChI=1S/C18H19N5O3/c1-12-10-20-14(11-19-12)15(24)22-23-16(25)18(2,21-17(23)26)9-8-13-6-4-3-5-7-13/h3-7,10-11H,8-9H2,1-2H3,(H,21,26)(H,22,24)/t18-/m1/s1. The van der Waals surface area contributed by atoms with Gasteiger partial charge in [0.2, 0.25) is 0 Å². The van der Waals surface area contributed by atoms with Gasteiger partial charge in [-0.1, -0.05) is 30.3 Å². The molecule has 8 heteroatoms. The third-order valence-corrected chi connectivity index (χ3v) is 4.24. The maximum Gasteiger partial charge on any atom is 0.344 e. The quantitative estimate of drug-likeness (QED) is 0.790. The fourth-order valence-electron chi connectivity index (χ4n) is 2.66. The minimum absolute atomic E-state index is 0.0223. The molecule has 2 heterocycles. The summed E-state index contributed by atoms with van der Waals surface area (Å²) in [6.07, 6.45) is 3.76. The number of urea groups is 1. The predicted octanol–water partition coefficient (Wildman–Crippen LogP) is 1.37. The molecule has 4 amide bonds. The van der Waals surface area contributed by atoms with Crippen LogP contribution in [-0.2, 0) is 11.2 Å². The lowest BCUT2D eigenvalue weighted by molar-refractivity contribution is -0.132. The van der Waals surface area contributed by atoms with Crippen molar-refractivity contribution in [3.63, 3.8) is 0 Å². The van der Waals surface area contributed by atoms with Gasteiger partial charge in [-0.05, 0) is 32.3 Å². The van der Waals surface area contributed by atoms with Crippen LogP contribution in [0.25, 0.3) is 0 Å². The van der Waals surface area contributed by atoms with Crippen molar-refractivity contribution in [1.29, 1.82) is 0 Å². The van der Waals surface area contributed by atoms with Gasteiger partial charge >= 0.3 is 6.03 Å². The molecular formula is C18H19N5O3. The van der Waals surface area contributed by atoms with E-state index in [0.29, 0.717) is 23.5 Å². The normalized spacial score (nSPS) is 19.4. The summed E-state index contributed by atoms with van der Waals surface area (Å²) in [7, 11) is 0. The topological polar surface area (TPSA) is 104 Å². The number of imide groups is 1. The zero-order valence-corrected chi connectivity index (χ0v) is 14.5. The van der Waals surface area contributed by atoms with Crippen molar-refractivity contribution >= 4 is 17.8 Å². The Balaban J connectivity index is 1.67. The highest BCUT2D eigenvalue weighted by molar-refractivity contribution is 6.08. The minimum Gasteiger partial charge on any atom is -0.322 e. The number of nitrogens with one attached hydrogen (secondary N) is 2. The van der Waals surface area contributed by atoms with Crippen LogP contribution in [0.15, 0.2) is 42.7 Å². The smallest absolute Gasteiger partial charge is 0.322 e. The number of carbonyl (C=O) groups excluding carboxylic acids is 3. The van der Waals surface area contributed by atoms with Crippen LogP contribution in [0.5, 0.6) is 0 Å². The van der Waals surface area contributed by atoms with Gasteiger partial charge in [0, 0.05) is 6.20 Å². The van der Waals surface area contributed by atoms with Crippen LogP contribution in [0, 0.1) is 6.92 Å². The lowest BCUT2D eigenvalue weighted by atomic mass is 9.93. The molecule has 0 aliphatic carbocycles. The van der Waals surface area contributed by atoms with E-state index >= 15 is 0 Å². The van der Waals surface area contributed by atoms with Crippen molar-refractivity contribution in [1.82, 2.24) is 25.7 Å². The molecule has 0 radical (unpaired) electrons. The molecule has 2 aromatic rings. The van der Waals surface area contributed by atoms with E-state index in [-0.39, 0.29) is 5.69 Å². The predicted molar refractivity (Wildman–Crippen MR) is 92.8 cm³/mol. The summed E-state index contributed by atoms with van der Waals surface area (Å²) in [5, 5.41) is 3.36. The molecule has 0 saturated carbocycles. The Morgan fingerprint density at radius 1 is 1.19 bits per heavy atom. The molecule has 1 fully saturated rings.